The highest BCUT2D eigenvalue weighted by molar-refractivity contribution is 6.32. The van der Waals surface area contributed by atoms with Crippen LogP contribution in [0.1, 0.15) is 23.8 Å². The van der Waals surface area contributed by atoms with Crippen LogP contribution >= 0.6 is 11.6 Å². The predicted molar refractivity (Wildman–Crippen MR) is 98.2 cm³/mol. The molecule has 3 aromatic rings. The maximum Gasteiger partial charge on any atom is 0.319 e. The summed E-state index contributed by atoms with van der Waals surface area (Å²) in [5.74, 6) is -0.485. The largest absolute Gasteiger partial charge is 0.618 e. The SMILES string of the molecule is CCCNC(=O)c1c(N)c2cccc(-c3cccnc3Cl)c2c[n+]1[O-]. The maximum atomic E-state index is 12.5. The van der Waals surface area contributed by atoms with Gasteiger partial charge < -0.3 is 16.3 Å². The van der Waals surface area contributed by atoms with Gasteiger partial charge >= 0.3 is 11.6 Å². The second kappa shape index (κ2) is 6.94. The third kappa shape index (κ3) is 3.08. The Morgan fingerprint density at radius 3 is 2.76 bits per heavy atom. The lowest BCUT2D eigenvalue weighted by molar-refractivity contribution is -0.605. The lowest BCUT2D eigenvalue weighted by Gasteiger charge is -2.13. The van der Waals surface area contributed by atoms with E-state index in [2.05, 4.69) is 10.3 Å². The van der Waals surface area contributed by atoms with Gasteiger partial charge in [0.05, 0.1) is 5.39 Å². The third-order valence-corrected chi connectivity index (χ3v) is 4.22. The van der Waals surface area contributed by atoms with Crippen LogP contribution in [-0.2, 0) is 0 Å². The van der Waals surface area contributed by atoms with Gasteiger partial charge in [-0.05, 0) is 24.1 Å². The van der Waals surface area contributed by atoms with Crippen molar-refractivity contribution in [1.29, 1.82) is 0 Å². The van der Waals surface area contributed by atoms with E-state index in [-0.39, 0.29) is 11.4 Å². The Morgan fingerprint density at radius 2 is 2.04 bits per heavy atom. The minimum Gasteiger partial charge on any atom is -0.618 e. The molecule has 0 radical (unpaired) electrons. The van der Waals surface area contributed by atoms with Gasteiger partial charge in [-0.15, -0.1) is 0 Å². The standard InChI is InChI=1S/C18H17ClN4O2/c1-2-8-22-18(24)16-15(20)12-6-3-5-11(14(12)10-23(16)25)13-7-4-9-21-17(13)19/h3-7,9-10H,2,8,20H2,1H3,(H,22,24). The van der Waals surface area contributed by atoms with Gasteiger partial charge in [-0.1, -0.05) is 36.7 Å². The van der Waals surface area contributed by atoms with Crippen molar-refractivity contribution in [2.75, 3.05) is 12.3 Å². The molecule has 0 aliphatic rings. The fourth-order valence-electron chi connectivity index (χ4n) is 2.73. The van der Waals surface area contributed by atoms with Crippen molar-refractivity contribution in [3.05, 3.63) is 58.8 Å². The summed E-state index contributed by atoms with van der Waals surface area (Å²) < 4.78 is 0.510. The first-order chi connectivity index (χ1) is 12.0. The quantitative estimate of drug-likeness (QED) is 0.427. The van der Waals surface area contributed by atoms with E-state index in [9.17, 15) is 10.0 Å². The Morgan fingerprint density at radius 1 is 1.28 bits per heavy atom. The van der Waals surface area contributed by atoms with E-state index in [1.54, 1.807) is 24.4 Å². The highest BCUT2D eigenvalue weighted by Crippen LogP contribution is 2.34. The summed E-state index contributed by atoms with van der Waals surface area (Å²) in [5.41, 5.74) is 7.61. The summed E-state index contributed by atoms with van der Waals surface area (Å²) in [6.45, 7) is 2.40. The van der Waals surface area contributed by atoms with E-state index in [1.165, 1.54) is 6.20 Å². The number of nitrogen functional groups attached to an aromatic ring is 1. The second-order valence-corrected chi connectivity index (χ2v) is 5.94. The smallest absolute Gasteiger partial charge is 0.319 e. The topological polar surface area (TPSA) is 95.0 Å². The first-order valence-electron chi connectivity index (χ1n) is 7.88. The molecule has 0 saturated heterocycles. The van der Waals surface area contributed by atoms with Crippen molar-refractivity contribution in [2.45, 2.75) is 13.3 Å². The number of pyridine rings is 2. The molecular weight excluding hydrogens is 340 g/mol. The van der Waals surface area contributed by atoms with Gasteiger partial charge in [0.25, 0.3) is 0 Å². The number of hydrogen-bond donors (Lipinski definition) is 2. The molecule has 1 amide bonds. The Bertz CT molecular complexity index is 959. The number of amides is 1. The summed E-state index contributed by atoms with van der Waals surface area (Å²) >= 11 is 6.19. The lowest BCUT2D eigenvalue weighted by Crippen LogP contribution is -2.40. The zero-order valence-corrected chi connectivity index (χ0v) is 14.4. The minimum absolute atomic E-state index is 0.101. The molecule has 0 bridgehead atoms. The normalized spacial score (nSPS) is 10.8. The monoisotopic (exact) mass is 356 g/mol. The van der Waals surface area contributed by atoms with Crippen molar-refractivity contribution in [3.8, 4) is 11.1 Å². The van der Waals surface area contributed by atoms with Crippen LogP contribution in [0.2, 0.25) is 5.15 Å². The average Bonchev–Trinajstić information content (AvgIpc) is 2.60. The van der Waals surface area contributed by atoms with Gasteiger partial charge in [-0.3, -0.25) is 4.79 Å². The fraction of sp³-hybridized carbons (Fsp3) is 0.167. The highest BCUT2D eigenvalue weighted by Gasteiger charge is 2.24. The summed E-state index contributed by atoms with van der Waals surface area (Å²) in [6.07, 6.45) is 3.71. The number of nitrogens with one attached hydrogen (secondary N) is 1. The molecule has 25 heavy (non-hydrogen) atoms. The van der Waals surface area contributed by atoms with Crippen LogP contribution in [0.15, 0.2) is 42.7 Å². The van der Waals surface area contributed by atoms with E-state index in [0.29, 0.717) is 32.8 Å². The van der Waals surface area contributed by atoms with Crippen molar-refractivity contribution < 1.29 is 9.52 Å². The number of rotatable bonds is 4. The van der Waals surface area contributed by atoms with Gasteiger partial charge in [-0.25, -0.2) is 4.98 Å². The van der Waals surface area contributed by atoms with Gasteiger partial charge in [0.15, 0.2) is 6.20 Å². The number of nitrogens with zero attached hydrogens (tertiary/aromatic N) is 2. The van der Waals surface area contributed by atoms with Crippen LogP contribution in [0, 0.1) is 5.21 Å². The minimum atomic E-state index is -0.485. The number of aromatic nitrogens is 2. The fourth-order valence-corrected chi connectivity index (χ4v) is 2.95. The lowest BCUT2D eigenvalue weighted by atomic mass is 9.99. The summed E-state index contributed by atoms with van der Waals surface area (Å²) in [5, 5.41) is 16.7. The third-order valence-electron chi connectivity index (χ3n) is 3.92. The van der Waals surface area contributed by atoms with Crippen LogP contribution < -0.4 is 15.8 Å². The van der Waals surface area contributed by atoms with Gasteiger partial charge in [-0.2, -0.15) is 4.73 Å². The molecule has 6 nitrogen and oxygen atoms in total. The first-order valence-corrected chi connectivity index (χ1v) is 8.25. The Kier molecular flexibility index (Phi) is 4.72. The van der Waals surface area contributed by atoms with Crippen molar-refractivity contribution in [2.24, 2.45) is 0 Å². The van der Waals surface area contributed by atoms with E-state index < -0.39 is 5.91 Å². The van der Waals surface area contributed by atoms with Crippen LogP contribution in [0.4, 0.5) is 5.69 Å². The van der Waals surface area contributed by atoms with Gasteiger partial charge in [0.2, 0.25) is 0 Å². The number of nitrogens with two attached hydrogens (primary N) is 1. The number of hydrogen-bond acceptors (Lipinski definition) is 4. The molecular formula is C18H17ClN4O2. The summed E-state index contributed by atoms with van der Waals surface area (Å²) in [6, 6.07) is 9.00. The molecule has 7 heteroatoms. The van der Waals surface area contributed by atoms with Crippen molar-refractivity contribution in [1.82, 2.24) is 10.3 Å². The number of halogens is 1. The van der Waals surface area contributed by atoms with E-state index in [4.69, 9.17) is 17.3 Å². The molecule has 3 N–H and O–H groups in total. The van der Waals surface area contributed by atoms with Crippen LogP contribution in [0.25, 0.3) is 21.9 Å². The van der Waals surface area contributed by atoms with E-state index >= 15 is 0 Å². The maximum absolute atomic E-state index is 12.5. The van der Waals surface area contributed by atoms with E-state index in [0.717, 1.165) is 12.0 Å². The number of benzene rings is 1. The molecule has 0 spiro atoms. The Balaban J connectivity index is 2.22. The van der Waals surface area contributed by atoms with Gasteiger partial charge in [0, 0.05) is 23.7 Å². The number of anilines is 1. The Hall–Kier alpha value is -2.86. The average molecular weight is 357 g/mol. The number of carbonyl (C=O) groups excluding carboxylic acids is 1. The summed E-state index contributed by atoms with van der Waals surface area (Å²) in [4.78, 5) is 16.3. The first kappa shape index (κ1) is 17.0. The van der Waals surface area contributed by atoms with Crippen molar-refractivity contribution in [3.63, 3.8) is 0 Å². The molecule has 0 atom stereocenters. The van der Waals surface area contributed by atoms with Crippen LogP contribution in [0.3, 0.4) is 0 Å². The molecule has 2 heterocycles. The molecule has 0 unspecified atom stereocenters. The van der Waals surface area contributed by atoms with Crippen LogP contribution in [-0.4, -0.2) is 17.4 Å². The predicted octanol–water partition coefficient (Wildman–Crippen LogP) is 2.91. The molecule has 2 aromatic heterocycles. The van der Waals surface area contributed by atoms with E-state index in [1.807, 2.05) is 19.1 Å². The summed E-state index contributed by atoms with van der Waals surface area (Å²) in [7, 11) is 0. The molecule has 0 saturated carbocycles. The van der Waals surface area contributed by atoms with Crippen LogP contribution in [0.5, 0.6) is 0 Å². The molecule has 3 rings (SSSR count). The zero-order valence-electron chi connectivity index (χ0n) is 13.6. The molecule has 0 aliphatic heterocycles. The Labute approximate surface area is 149 Å². The van der Waals surface area contributed by atoms with Crippen molar-refractivity contribution >= 4 is 34.0 Å². The zero-order chi connectivity index (χ0) is 18.0. The molecule has 1 aromatic carbocycles. The highest BCUT2D eigenvalue weighted by atomic mass is 35.5. The van der Waals surface area contributed by atoms with Gasteiger partial charge in [0.1, 0.15) is 10.8 Å². The molecule has 0 fully saturated rings. The number of fused-ring (bicyclic) bond motifs is 1. The molecule has 0 aliphatic carbocycles. The molecule has 128 valence electrons. The second-order valence-electron chi connectivity index (χ2n) is 5.58. The number of carbonyl (C=O) groups is 1.